The fourth-order valence-electron chi connectivity index (χ4n) is 2.72. The molecule has 2 heteroatoms. The van der Waals surface area contributed by atoms with Gasteiger partial charge < -0.3 is 10.6 Å². The molecule has 0 fully saturated rings. The first-order chi connectivity index (χ1) is 8.54. The van der Waals surface area contributed by atoms with Gasteiger partial charge in [-0.05, 0) is 69.6 Å². The molecular formula is C16H28N2. The molecule has 1 rings (SSSR count). The van der Waals surface area contributed by atoms with Gasteiger partial charge in [-0.15, -0.1) is 0 Å². The minimum absolute atomic E-state index is 0.432. The van der Waals surface area contributed by atoms with Crippen molar-refractivity contribution in [3.05, 3.63) is 34.4 Å². The van der Waals surface area contributed by atoms with E-state index in [4.69, 9.17) is 0 Å². The number of rotatable bonds is 6. The van der Waals surface area contributed by atoms with Crippen molar-refractivity contribution in [2.45, 2.75) is 40.2 Å². The molecule has 0 heterocycles. The Morgan fingerprint density at radius 3 is 2.11 bits per heavy atom. The van der Waals surface area contributed by atoms with Crippen molar-refractivity contribution in [2.75, 3.05) is 20.6 Å². The second kappa shape index (κ2) is 6.91. The monoisotopic (exact) mass is 248 g/mol. The molecule has 102 valence electrons. The molecule has 2 nitrogen and oxygen atoms in total. The fourth-order valence-corrected chi connectivity index (χ4v) is 2.72. The lowest BCUT2D eigenvalue weighted by Crippen LogP contribution is -2.32. The number of nitrogens with one attached hydrogen (secondary N) is 2. The largest absolute Gasteiger partial charge is 0.319 e. The Bertz CT molecular complexity index is 385. The Morgan fingerprint density at radius 1 is 1.00 bits per heavy atom. The molecule has 0 aliphatic rings. The predicted octanol–water partition coefficient (Wildman–Crippen LogP) is 3.12. The van der Waals surface area contributed by atoms with Gasteiger partial charge in [0.15, 0.2) is 0 Å². The van der Waals surface area contributed by atoms with Gasteiger partial charge in [0.1, 0.15) is 0 Å². The number of benzene rings is 1. The smallest absolute Gasteiger partial charge is 0.0360 e. The Labute approximate surface area is 112 Å². The molecular weight excluding hydrogens is 220 g/mol. The van der Waals surface area contributed by atoms with Crippen LogP contribution in [0.25, 0.3) is 0 Å². The Balaban J connectivity index is 3.11. The molecule has 0 saturated carbocycles. The Kier molecular flexibility index (Phi) is 5.83. The molecule has 2 unspecified atom stereocenters. The van der Waals surface area contributed by atoms with Crippen molar-refractivity contribution in [1.29, 1.82) is 0 Å². The first-order valence-electron chi connectivity index (χ1n) is 6.94. The highest BCUT2D eigenvalue weighted by atomic mass is 14.9. The van der Waals surface area contributed by atoms with Crippen LogP contribution in [0.2, 0.25) is 0 Å². The predicted molar refractivity (Wildman–Crippen MR) is 80.2 cm³/mol. The van der Waals surface area contributed by atoms with Crippen molar-refractivity contribution in [1.82, 2.24) is 10.6 Å². The van der Waals surface area contributed by atoms with Gasteiger partial charge in [-0.3, -0.25) is 0 Å². The zero-order valence-electron chi connectivity index (χ0n) is 12.7. The summed E-state index contributed by atoms with van der Waals surface area (Å²) >= 11 is 0. The van der Waals surface area contributed by atoms with Gasteiger partial charge in [0.2, 0.25) is 0 Å². The van der Waals surface area contributed by atoms with Crippen LogP contribution in [0.15, 0.2) is 12.1 Å². The van der Waals surface area contributed by atoms with Crippen LogP contribution in [0.5, 0.6) is 0 Å². The molecule has 2 N–H and O–H groups in total. The third kappa shape index (κ3) is 3.33. The summed E-state index contributed by atoms with van der Waals surface area (Å²) in [6.07, 6.45) is 1.18. The molecule has 18 heavy (non-hydrogen) atoms. The topological polar surface area (TPSA) is 24.1 Å². The summed E-state index contributed by atoms with van der Waals surface area (Å²) in [6, 6.07) is 5.09. The Morgan fingerprint density at radius 2 is 1.61 bits per heavy atom. The van der Waals surface area contributed by atoms with Crippen LogP contribution in [0, 0.1) is 26.7 Å². The maximum atomic E-state index is 3.50. The van der Waals surface area contributed by atoms with Crippen LogP contribution in [0.3, 0.4) is 0 Å². The van der Waals surface area contributed by atoms with Gasteiger partial charge in [-0.1, -0.05) is 25.5 Å². The van der Waals surface area contributed by atoms with Crippen molar-refractivity contribution >= 4 is 0 Å². The van der Waals surface area contributed by atoms with Crippen LogP contribution >= 0.6 is 0 Å². The van der Waals surface area contributed by atoms with Crippen molar-refractivity contribution in [3.63, 3.8) is 0 Å². The number of hydrogen-bond acceptors (Lipinski definition) is 2. The highest BCUT2D eigenvalue weighted by Crippen LogP contribution is 2.28. The summed E-state index contributed by atoms with van der Waals surface area (Å²) in [6.45, 7) is 9.92. The molecule has 0 bridgehead atoms. The lowest BCUT2D eigenvalue weighted by Gasteiger charge is -2.28. The molecule has 2 atom stereocenters. The molecule has 0 aliphatic heterocycles. The second-order valence-electron chi connectivity index (χ2n) is 5.29. The summed E-state index contributed by atoms with van der Waals surface area (Å²) in [5.74, 6) is 0.626. The summed E-state index contributed by atoms with van der Waals surface area (Å²) in [4.78, 5) is 0. The zero-order valence-corrected chi connectivity index (χ0v) is 12.7. The quantitative estimate of drug-likeness (QED) is 0.808. The molecule has 0 aliphatic carbocycles. The average Bonchev–Trinajstić information content (AvgIpc) is 2.35. The van der Waals surface area contributed by atoms with E-state index in [-0.39, 0.29) is 0 Å². The maximum absolute atomic E-state index is 3.50. The van der Waals surface area contributed by atoms with E-state index in [1.54, 1.807) is 0 Å². The van der Waals surface area contributed by atoms with E-state index in [9.17, 15) is 0 Å². The average molecular weight is 248 g/mol. The van der Waals surface area contributed by atoms with Crippen molar-refractivity contribution in [3.8, 4) is 0 Å². The Hall–Kier alpha value is -0.860. The summed E-state index contributed by atoms with van der Waals surface area (Å²) in [5, 5.41) is 6.81. The van der Waals surface area contributed by atoms with Crippen LogP contribution < -0.4 is 10.6 Å². The van der Waals surface area contributed by atoms with E-state index < -0.39 is 0 Å². The normalized spacial score (nSPS) is 14.6. The van der Waals surface area contributed by atoms with E-state index in [0.29, 0.717) is 12.0 Å². The first-order valence-corrected chi connectivity index (χ1v) is 6.94. The zero-order chi connectivity index (χ0) is 13.7. The molecule has 0 radical (unpaired) electrons. The lowest BCUT2D eigenvalue weighted by molar-refractivity contribution is 0.358. The summed E-state index contributed by atoms with van der Waals surface area (Å²) in [7, 11) is 4.10. The van der Waals surface area contributed by atoms with Gasteiger partial charge in [0.05, 0.1) is 0 Å². The summed E-state index contributed by atoms with van der Waals surface area (Å²) in [5.41, 5.74) is 5.61. The van der Waals surface area contributed by atoms with Crippen LogP contribution in [0.1, 0.15) is 41.6 Å². The van der Waals surface area contributed by atoms with E-state index in [1.807, 2.05) is 7.05 Å². The summed E-state index contributed by atoms with van der Waals surface area (Å²) < 4.78 is 0. The highest BCUT2D eigenvalue weighted by Gasteiger charge is 2.21. The van der Waals surface area contributed by atoms with Crippen LogP contribution in [0.4, 0.5) is 0 Å². The maximum Gasteiger partial charge on any atom is 0.0360 e. The highest BCUT2D eigenvalue weighted by molar-refractivity contribution is 5.38. The third-order valence-corrected chi connectivity index (χ3v) is 3.99. The van der Waals surface area contributed by atoms with Crippen LogP contribution in [-0.4, -0.2) is 20.6 Å². The molecule has 1 aromatic carbocycles. The SMILES string of the molecule is CCC(CNC)C(NC)c1cc(C)c(C)cc1C. The second-order valence-corrected chi connectivity index (χ2v) is 5.29. The van der Waals surface area contributed by atoms with Gasteiger partial charge in [-0.2, -0.15) is 0 Å². The minimum Gasteiger partial charge on any atom is -0.319 e. The molecule has 1 aromatic rings. The lowest BCUT2D eigenvalue weighted by atomic mass is 9.86. The van der Waals surface area contributed by atoms with Crippen LogP contribution in [-0.2, 0) is 0 Å². The minimum atomic E-state index is 0.432. The third-order valence-electron chi connectivity index (χ3n) is 3.99. The molecule has 0 aromatic heterocycles. The molecule has 0 spiro atoms. The van der Waals surface area contributed by atoms with Gasteiger partial charge >= 0.3 is 0 Å². The standard InChI is InChI=1S/C16H28N2/c1-7-14(10-17-5)16(18-6)15-9-12(3)11(2)8-13(15)4/h8-9,14,16-18H,7,10H2,1-6H3. The first kappa shape index (κ1) is 15.2. The van der Waals surface area contributed by atoms with E-state index >= 15 is 0 Å². The van der Waals surface area contributed by atoms with E-state index in [2.05, 4.69) is 57.5 Å². The van der Waals surface area contributed by atoms with Gasteiger partial charge in [0.25, 0.3) is 0 Å². The van der Waals surface area contributed by atoms with E-state index in [0.717, 1.165) is 6.54 Å². The van der Waals surface area contributed by atoms with Crippen molar-refractivity contribution < 1.29 is 0 Å². The van der Waals surface area contributed by atoms with E-state index in [1.165, 1.54) is 28.7 Å². The number of hydrogen-bond donors (Lipinski definition) is 2. The van der Waals surface area contributed by atoms with Gasteiger partial charge in [-0.25, -0.2) is 0 Å². The molecule has 0 amide bonds. The number of aryl methyl sites for hydroxylation is 3. The fraction of sp³-hybridized carbons (Fsp3) is 0.625. The molecule has 0 saturated heterocycles. The van der Waals surface area contributed by atoms with Crippen molar-refractivity contribution in [2.24, 2.45) is 5.92 Å². The van der Waals surface area contributed by atoms with Gasteiger partial charge in [0, 0.05) is 6.04 Å².